The maximum atomic E-state index is 15.2. The minimum atomic E-state index is -0.511. The number of halogens is 2. The van der Waals surface area contributed by atoms with Crippen molar-refractivity contribution in [3.8, 4) is 0 Å². The number of imidazole rings is 1. The third kappa shape index (κ3) is 6.54. The summed E-state index contributed by atoms with van der Waals surface area (Å²) < 4.78 is 23.4. The van der Waals surface area contributed by atoms with Crippen molar-refractivity contribution in [1.29, 1.82) is 0 Å². The van der Waals surface area contributed by atoms with Crippen molar-refractivity contribution in [2.75, 3.05) is 44.7 Å². The standard InChI is InChI=1S/C35H42ClFN6O2/c1-24-40-13-16-42(24)23-35(27-17-28(36)19-29(37)18-27,32-5-4-6-33(32)45-34(44)39-3)26-11-14-41(15-12-26)20-25-21-43(22-25)31-9-7-30(38-2)8-10-31/h7-10,13,16-19,25-26,32-33H,4-6,11-12,14-15,20-23H2,1,3H3,(H,39,44)/t32-,33-,35?/m0/s1. The summed E-state index contributed by atoms with van der Waals surface area (Å²) in [5.41, 5.74) is 2.22. The average molecular weight is 633 g/mol. The summed E-state index contributed by atoms with van der Waals surface area (Å²) in [6, 6.07) is 12.8. The van der Waals surface area contributed by atoms with Gasteiger partial charge in [-0.15, -0.1) is 0 Å². The molecule has 3 atom stereocenters. The number of piperidine rings is 1. The molecule has 0 bridgehead atoms. The molecule has 1 saturated carbocycles. The van der Waals surface area contributed by atoms with Crippen LogP contribution in [0.2, 0.25) is 5.02 Å². The Morgan fingerprint density at radius 3 is 2.56 bits per heavy atom. The second-order valence-corrected chi connectivity index (χ2v) is 13.4. The third-order valence-electron chi connectivity index (χ3n) is 10.5. The van der Waals surface area contributed by atoms with Crippen LogP contribution < -0.4 is 10.2 Å². The van der Waals surface area contributed by atoms with Crippen molar-refractivity contribution in [3.63, 3.8) is 0 Å². The van der Waals surface area contributed by atoms with Crippen molar-refractivity contribution in [2.24, 2.45) is 17.8 Å². The summed E-state index contributed by atoms with van der Waals surface area (Å²) in [6.45, 7) is 14.8. The lowest BCUT2D eigenvalue weighted by molar-refractivity contribution is 0.00168. The largest absolute Gasteiger partial charge is 0.446 e. The van der Waals surface area contributed by atoms with E-state index in [-0.39, 0.29) is 23.8 Å². The summed E-state index contributed by atoms with van der Waals surface area (Å²) in [5, 5.41) is 3.01. The minimum absolute atomic E-state index is 0.000414. The number of nitrogens with zero attached hydrogens (tertiary/aromatic N) is 5. The zero-order valence-corrected chi connectivity index (χ0v) is 26.8. The number of rotatable bonds is 9. The normalized spacial score (nSPS) is 22.4. The van der Waals surface area contributed by atoms with Gasteiger partial charge in [-0.2, -0.15) is 0 Å². The van der Waals surface area contributed by atoms with Crippen LogP contribution in [0.25, 0.3) is 4.85 Å². The number of hydrogen-bond donors (Lipinski definition) is 1. The van der Waals surface area contributed by atoms with Gasteiger partial charge in [-0.3, -0.25) is 0 Å². The predicted molar refractivity (Wildman–Crippen MR) is 174 cm³/mol. The van der Waals surface area contributed by atoms with Gasteiger partial charge in [0.15, 0.2) is 5.69 Å². The molecule has 3 fully saturated rings. The van der Waals surface area contributed by atoms with Gasteiger partial charge in [-0.1, -0.05) is 23.7 Å². The fraction of sp³-hybridized carbons (Fsp3) is 0.514. The molecule has 45 heavy (non-hydrogen) atoms. The Labute approximate surface area is 270 Å². The molecule has 8 nitrogen and oxygen atoms in total. The Hall–Kier alpha value is -3.61. The molecule has 3 heterocycles. The second-order valence-electron chi connectivity index (χ2n) is 13.0. The van der Waals surface area contributed by atoms with Crippen LogP contribution >= 0.6 is 11.6 Å². The van der Waals surface area contributed by atoms with E-state index in [1.807, 2.05) is 49.6 Å². The molecule has 2 saturated heterocycles. The topological polar surface area (TPSA) is 67.0 Å². The molecule has 3 aromatic rings. The van der Waals surface area contributed by atoms with E-state index in [2.05, 4.69) is 29.5 Å². The Kier molecular flexibility index (Phi) is 9.34. The SMILES string of the molecule is [C-]#[N+]c1ccc(N2CC(CN3CCC(C(Cn4ccnc4C)(c4cc(F)cc(Cl)c4)[C@H]4CCC[C@@H]4OC(=O)NC)CC3)C2)cc1. The third-order valence-corrected chi connectivity index (χ3v) is 10.7. The number of benzene rings is 2. The van der Waals surface area contributed by atoms with Gasteiger partial charge < -0.3 is 24.4 Å². The molecular weight excluding hydrogens is 591 g/mol. The van der Waals surface area contributed by atoms with Gasteiger partial charge in [0.1, 0.15) is 17.7 Å². The van der Waals surface area contributed by atoms with Crippen LogP contribution in [-0.2, 0) is 16.7 Å². The van der Waals surface area contributed by atoms with Gasteiger partial charge in [0, 0.05) is 73.6 Å². The number of carbonyl (C=O) groups excluding carboxylic acids is 1. The van der Waals surface area contributed by atoms with Crippen LogP contribution in [0.1, 0.15) is 43.5 Å². The lowest BCUT2D eigenvalue weighted by Crippen LogP contribution is -2.55. The van der Waals surface area contributed by atoms with Gasteiger partial charge in [-0.05, 0) is 93.9 Å². The van der Waals surface area contributed by atoms with Gasteiger partial charge in [0.25, 0.3) is 0 Å². The zero-order chi connectivity index (χ0) is 31.6. The highest BCUT2D eigenvalue weighted by Gasteiger charge is 2.53. The highest BCUT2D eigenvalue weighted by Crippen LogP contribution is 2.53. The summed E-state index contributed by atoms with van der Waals surface area (Å²) >= 11 is 6.55. The van der Waals surface area contributed by atoms with Gasteiger partial charge in [-0.25, -0.2) is 19.0 Å². The molecule has 6 rings (SSSR count). The van der Waals surface area contributed by atoms with Crippen molar-refractivity contribution >= 4 is 29.1 Å². The van der Waals surface area contributed by atoms with Gasteiger partial charge in [0.05, 0.1) is 6.57 Å². The number of anilines is 1. The highest BCUT2D eigenvalue weighted by atomic mass is 35.5. The molecule has 0 radical (unpaired) electrons. The Balaban J connectivity index is 1.24. The van der Waals surface area contributed by atoms with E-state index in [0.717, 1.165) is 76.2 Å². The maximum Gasteiger partial charge on any atom is 0.407 e. The number of nitrogens with one attached hydrogen (secondary N) is 1. The molecule has 238 valence electrons. The number of amides is 1. The molecule has 1 unspecified atom stereocenters. The monoisotopic (exact) mass is 632 g/mol. The first kappa shape index (κ1) is 31.4. The van der Waals surface area contributed by atoms with E-state index in [4.69, 9.17) is 22.9 Å². The molecule has 1 aromatic heterocycles. The Morgan fingerprint density at radius 1 is 1.16 bits per heavy atom. The quantitative estimate of drug-likeness (QED) is 0.262. The first-order valence-electron chi connectivity index (χ1n) is 16.1. The van der Waals surface area contributed by atoms with Crippen LogP contribution in [0.4, 0.5) is 20.6 Å². The molecule has 3 aliphatic rings. The van der Waals surface area contributed by atoms with E-state index in [0.29, 0.717) is 23.2 Å². The van der Waals surface area contributed by atoms with Crippen molar-refractivity contribution in [1.82, 2.24) is 19.8 Å². The van der Waals surface area contributed by atoms with E-state index in [1.165, 1.54) is 11.8 Å². The summed E-state index contributed by atoms with van der Waals surface area (Å²) in [5.74, 6) is 1.38. The van der Waals surface area contributed by atoms with Crippen LogP contribution in [0.15, 0.2) is 54.9 Å². The Bertz CT molecular complexity index is 1510. The number of aromatic nitrogens is 2. The average Bonchev–Trinajstić information content (AvgIpc) is 3.65. The highest BCUT2D eigenvalue weighted by molar-refractivity contribution is 6.30. The minimum Gasteiger partial charge on any atom is -0.446 e. The van der Waals surface area contributed by atoms with Gasteiger partial charge in [0.2, 0.25) is 0 Å². The summed E-state index contributed by atoms with van der Waals surface area (Å²) in [7, 11) is 1.59. The van der Waals surface area contributed by atoms with Crippen molar-refractivity contribution < 1.29 is 13.9 Å². The van der Waals surface area contributed by atoms with E-state index in [1.54, 1.807) is 13.1 Å². The molecule has 1 aliphatic carbocycles. The van der Waals surface area contributed by atoms with Gasteiger partial charge >= 0.3 is 6.09 Å². The van der Waals surface area contributed by atoms with Crippen molar-refractivity contribution in [2.45, 2.75) is 57.1 Å². The molecule has 1 N–H and O–H groups in total. The van der Waals surface area contributed by atoms with Crippen LogP contribution in [0, 0.1) is 37.1 Å². The number of hydrogen-bond acceptors (Lipinski definition) is 5. The molecule has 2 aromatic carbocycles. The zero-order valence-electron chi connectivity index (χ0n) is 26.1. The lowest BCUT2D eigenvalue weighted by atomic mass is 9.58. The maximum absolute atomic E-state index is 15.2. The second kappa shape index (κ2) is 13.4. The van der Waals surface area contributed by atoms with Crippen LogP contribution in [0.5, 0.6) is 0 Å². The smallest absolute Gasteiger partial charge is 0.407 e. The van der Waals surface area contributed by atoms with Crippen LogP contribution in [0.3, 0.4) is 0 Å². The number of carbonyl (C=O) groups is 1. The van der Waals surface area contributed by atoms with E-state index in [9.17, 15) is 4.79 Å². The first-order valence-corrected chi connectivity index (χ1v) is 16.4. The van der Waals surface area contributed by atoms with Crippen molar-refractivity contribution in [3.05, 3.63) is 88.5 Å². The lowest BCUT2D eigenvalue weighted by Gasteiger charge is -2.51. The molecular formula is C35H42ClFN6O2. The number of ether oxygens (including phenoxy) is 1. The number of alkyl carbamates (subject to hydrolysis) is 1. The first-order chi connectivity index (χ1) is 21.8. The Morgan fingerprint density at radius 2 is 1.91 bits per heavy atom. The molecule has 1 amide bonds. The van der Waals surface area contributed by atoms with E-state index >= 15 is 4.39 Å². The molecule has 0 spiro atoms. The molecule has 2 aliphatic heterocycles. The molecule has 10 heteroatoms. The number of likely N-dealkylation sites (tertiary alicyclic amines) is 1. The predicted octanol–water partition coefficient (Wildman–Crippen LogP) is 6.85. The van der Waals surface area contributed by atoms with E-state index < -0.39 is 11.5 Å². The summed E-state index contributed by atoms with van der Waals surface area (Å²) in [4.78, 5) is 25.5. The fourth-order valence-corrected chi connectivity index (χ4v) is 8.47. The van der Waals surface area contributed by atoms with Crippen LogP contribution in [-0.4, -0.2) is 66.4 Å². The number of aryl methyl sites for hydroxylation is 1. The fourth-order valence-electron chi connectivity index (χ4n) is 8.25. The summed E-state index contributed by atoms with van der Waals surface area (Å²) in [6.07, 6.45) is 7.64.